The number of terminal acetylenes is 1. The maximum atomic E-state index is 16.8. The summed E-state index contributed by atoms with van der Waals surface area (Å²) in [5.41, 5.74) is 0.192. The summed E-state index contributed by atoms with van der Waals surface area (Å²) < 4.78 is 44.1. The first kappa shape index (κ1) is 26.6. The molecule has 0 amide bonds. The van der Waals surface area contributed by atoms with Gasteiger partial charge in [-0.3, -0.25) is 9.88 Å². The molecule has 2 aromatic heterocycles. The smallest absolute Gasteiger partial charge is 0.216 e. The van der Waals surface area contributed by atoms with Crippen molar-refractivity contribution in [1.29, 1.82) is 0 Å². The van der Waals surface area contributed by atoms with E-state index in [0.29, 0.717) is 52.9 Å². The van der Waals surface area contributed by atoms with Crippen molar-refractivity contribution >= 4 is 27.4 Å². The van der Waals surface area contributed by atoms with E-state index in [9.17, 15) is 9.50 Å². The van der Waals surface area contributed by atoms with E-state index >= 15 is 4.39 Å². The molecule has 2 bridgehead atoms. The van der Waals surface area contributed by atoms with Crippen LogP contribution in [0.15, 0.2) is 36.5 Å². The van der Waals surface area contributed by atoms with Gasteiger partial charge in [-0.15, -0.1) is 6.42 Å². The van der Waals surface area contributed by atoms with Crippen molar-refractivity contribution in [2.75, 3.05) is 37.7 Å². The van der Waals surface area contributed by atoms with Crippen molar-refractivity contribution in [3.8, 4) is 35.2 Å². The molecular weight excluding hydrogens is 550 g/mol. The van der Waals surface area contributed by atoms with E-state index in [2.05, 4.69) is 20.7 Å². The second-order valence-electron chi connectivity index (χ2n) is 12.4. The van der Waals surface area contributed by atoms with Gasteiger partial charge in [-0.05, 0) is 75.2 Å². The van der Waals surface area contributed by atoms with E-state index in [1.165, 1.54) is 24.3 Å². The molecule has 6 heterocycles. The van der Waals surface area contributed by atoms with Crippen molar-refractivity contribution in [3.63, 3.8) is 0 Å². The van der Waals surface area contributed by atoms with Crippen LogP contribution in [0.2, 0.25) is 0 Å². The molecule has 4 fully saturated rings. The summed E-state index contributed by atoms with van der Waals surface area (Å²) in [6, 6.07) is 7.27. The Morgan fingerprint density at radius 3 is 2.58 bits per heavy atom. The molecule has 8 rings (SSSR count). The Morgan fingerprint density at radius 2 is 1.84 bits per heavy atom. The van der Waals surface area contributed by atoms with E-state index in [-0.39, 0.29) is 40.3 Å². The second kappa shape index (κ2) is 10.0. The van der Waals surface area contributed by atoms with Crippen LogP contribution < -0.4 is 9.64 Å². The molecule has 9 heteroatoms. The molecule has 0 saturated carbocycles. The van der Waals surface area contributed by atoms with Crippen LogP contribution in [0.25, 0.3) is 32.8 Å². The third kappa shape index (κ3) is 4.30. The molecule has 0 aliphatic carbocycles. The number of hydrogen-bond donors (Lipinski definition) is 1. The largest absolute Gasteiger partial charge is 0.508 e. The Labute approximate surface area is 248 Å². The van der Waals surface area contributed by atoms with E-state index in [1.807, 2.05) is 0 Å². The number of nitrogens with zero attached hydrogens (tertiary/aromatic N) is 4. The van der Waals surface area contributed by atoms with Gasteiger partial charge in [-0.2, -0.15) is 4.98 Å². The van der Waals surface area contributed by atoms with Gasteiger partial charge in [-0.25, -0.2) is 8.78 Å². The minimum atomic E-state index is -0.608. The minimum absolute atomic E-state index is 0.00559. The monoisotopic (exact) mass is 582 g/mol. The molecule has 4 saturated heterocycles. The fourth-order valence-electron chi connectivity index (χ4n) is 7.85. The van der Waals surface area contributed by atoms with Gasteiger partial charge in [0.05, 0.1) is 23.3 Å². The van der Waals surface area contributed by atoms with E-state index < -0.39 is 11.6 Å². The first-order valence-electron chi connectivity index (χ1n) is 15.1. The molecule has 220 valence electrons. The molecular formula is C34H32F2N4O3. The normalized spacial score (nSPS) is 22.8. The van der Waals surface area contributed by atoms with Crippen molar-refractivity contribution in [2.45, 2.75) is 56.3 Å². The Bertz CT molecular complexity index is 1800. The van der Waals surface area contributed by atoms with Gasteiger partial charge in [0.25, 0.3) is 0 Å². The summed E-state index contributed by atoms with van der Waals surface area (Å²) in [6.07, 6.45) is 14.0. The van der Waals surface area contributed by atoms with Gasteiger partial charge in [0.1, 0.15) is 29.7 Å². The second-order valence-corrected chi connectivity index (χ2v) is 12.4. The molecule has 2 aromatic carbocycles. The number of halogens is 2. The highest BCUT2D eigenvalue weighted by Gasteiger charge is 2.45. The summed E-state index contributed by atoms with van der Waals surface area (Å²) in [5, 5.41) is 12.2. The van der Waals surface area contributed by atoms with Gasteiger partial charge < -0.3 is 19.5 Å². The number of morpholine rings is 1. The van der Waals surface area contributed by atoms with Gasteiger partial charge >= 0.3 is 0 Å². The fraction of sp³-hybridized carbons (Fsp3) is 0.412. The van der Waals surface area contributed by atoms with Crippen LogP contribution in [0.1, 0.15) is 44.1 Å². The Kier molecular flexibility index (Phi) is 6.21. The standard InChI is InChI=1S/C34H32F2N4O3/c1-2-24-28(35)8-5-20-13-21(41)14-26(30(20)24)32-31(36)25-15-29(42-19-34-9-3-11-40(34)12-4-10-34)38-33(27(25)16-37-32)39-17-22-6-7-23(18-39)43-22/h1,5,8,13-16,22-23,41H,3-4,6-7,9-12,17-19H2. The quantitative estimate of drug-likeness (QED) is 0.299. The summed E-state index contributed by atoms with van der Waals surface area (Å²) in [6.45, 7) is 3.98. The number of benzene rings is 2. The molecule has 0 spiro atoms. The number of phenolic OH excluding ortho intramolecular Hbond substituents is 1. The lowest BCUT2D eigenvalue weighted by molar-refractivity contribution is 0.0302. The number of anilines is 1. The predicted molar refractivity (Wildman–Crippen MR) is 160 cm³/mol. The number of hydrogen-bond acceptors (Lipinski definition) is 7. The van der Waals surface area contributed by atoms with Crippen LogP contribution >= 0.6 is 0 Å². The number of phenols is 1. The first-order valence-corrected chi connectivity index (χ1v) is 15.1. The maximum Gasteiger partial charge on any atom is 0.216 e. The number of fused-ring (bicyclic) bond motifs is 5. The van der Waals surface area contributed by atoms with Crippen LogP contribution in [0.3, 0.4) is 0 Å². The average Bonchev–Trinajstić information content (AvgIpc) is 3.69. The first-order chi connectivity index (χ1) is 20.9. The third-order valence-electron chi connectivity index (χ3n) is 9.88. The van der Waals surface area contributed by atoms with Gasteiger partial charge in [-0.1, -0.05) is 12.0 Å². The molecule has 0 radical (unpaired) electrons. The number of aromatic hydroxyl groups is 1. The topological polar surface area (TPSA) is 71.0 Å². The molecule has 4 aliphatic rings. The SMILES string of the molecule is C#Cc1c(F)ccc2cc(O)cc(-c3ncc4c(N5CC6CCC(C5)O6)nc(OCC56CCCN5CCC6)cc4c3F)c12. The lowest BCUT2D eigenvalue weighted by Crippen LogP contribution is -2.44. The Morgan fingerprint density at radius 1 is 1.07 bits per heavy atom. The number of ether oxygens (including phenoxy) is 2. The zero-order valence-corrected chi connectivity index (χ0v) is 23.8. The zero-order chi connectivity index (χ0) is 29.3. The van der Waals surface area contributed by atoms with E-state index in [1.54, 1.807) is 12.3 Å². The number of rotatable bonds is 5. The van der Waals surface area contributed by atoms with Crippen LogP contribution in [0, 0.1) is 24.0 Å². The Hall–Kier alpha value is -4.00. The van der Waals surface area contributed by atoms with Crippen LogP contribution in [0.5, 0.6) is 11.6 Å². The Balaban J connectivity index is 1.28. The summed E-state index contributed by atoms with van der Waals surface area (Å²) in [7, 11) is 0. The summed E-state index contributed by atoms with van der Waals surface area (Å²) >= 11 is 0. The van der Waals surface area contributed by atoms with Gasteiger partial charge in [0, 0.05) is 47.1 Å². The van der Waals surface area contributed by atoms with Crippen LogP contribution in [-0.4, -0.2) is 70.5 Å². The maximum absolute atomic E-state index is 16.8. The van der Waals surface area contributed by atoms with Crippen LogP contribution in [-0.2, 0) is 4.74 Å². The fourth-order valence-corrected chi connectivity index (χ4v) is 7.85. The lowest BCUT2D eigenvalue weighted by Gasteiger charge is -2.34. The molecule has 1 N–H and O–H groups in total. The van der Waals surface area contributed by atoms with Crippen LogP contribution in [0.4, 0.5) is 14.6 Å². The molecule has 4 aromatic rings. The summed E-state index contributed by atoms with van der Waals surface area (Å²) in [5.74, 6) is 2.08. The highest BCUT2D eigenvalue weighted by molar-refractivity contribution is 6.03. The highest BCUT2D eigenvalue weighted by Crippen LogP contribution is 2.42. The molecule has 2 unspecified atom stereocenters. The summed E-state index contributed by atoms with van der Waals surface area (Å²) in [4.78, 5) is 14.2. The zero-order valence-electron chi connectivity index (χ0n) is 23.8. The highest BCUT2D eigenvalue weighted by atomic mass is 19.1. The number of aromatic nitrogens is 2. The molecule has 43 heavy (non-hydrogen) atoms. The van der Waals surface area contributed by atoms with Crippen molar-refractivity contribution in [3.05, 3.63) is 53.7 Å². The minimum Gasteiger partial charge on any atom is -0.508 e. The lowest BCUT2D eigenvalue weighted by atomic mass is 9.95. The van der Waals surface area contributed by atoms with E-state index in [4.69, 9.17) is 20.9 Å². The van der Waals surface area contributed by atoms with E-state index in [0.717, 1.165) is 51.6 Å². The average molecular weight is 583 g/mol. The molecule has 7 nitrogen and oxygen atoms in total. The van der Waals surface area contributed by atoms with Crippen molar-refractivity contribution in [1.82, 2.24) is 14.9 Å². The third-order valence-corrected chi connectivity index (χ3v) is 9.88. The van der Waals surface area contributed by atoms with Crippen molar-refractivity contribution < 1.29 is 23.4 Å². The van der Waals surface area contributed by atoms with Crippen molar-refractivity contribution in [2.24, 2.45) is 0 Å². The number of pyridine rings is 2. The predicted octanol–water partition coefficient (Wildman–Crippen LogP) is 5.79. The molecule has 4 aliphatic heterocycles. The molecule has 2 atom stereocenters. The van der Waals surface area contributed by atoms with Gasteiger partial charge in [0.15, 0.2) is 5.82 Å². The van der Waals surface area contributed by atoms with Gasteiger partial charge in [0.2, 0.25) is 5.88 Å².